The minimum absolute atomic E-state index is 0.194. The molecule has 0 aliphatic carbocycles. The summed E-state index contributed by atoms with van der Waals surface area (Å²) in [5.74, 6) is -0.382. The number of benzene rings is 1. The average molecular weight is 249 g/mol. The van der Waals surface area contributed by atoms with Crippen LogP contribution in [0.3, 0.4) is 0 Å². The molecule has 1 fully saturated rings. The van der Waals surface area contributed by atoms with E-state index in [1.807, 2.05) is 35.6 Å². The number of carbonyl (C=O) groups excluding carboxylic acids is 2. The number of nitrogens with one attached hydrogen (secondary N) is 1. The highest BCUT2D eigenvalue weighted by Gasteiger charge is 2.29. The van der Waals surface area contributed by atoms with Crippen molar-refractivity contribution in [3.8, 4) is 0 Å². The van der Waals surface area contributed by atoms with E-state index in [4.69, 9.17) is 5.73 Å². The highest BCUT2D eigenvalue weighted by molar-refractivity contribution is 5.90. The molecular weight excluding hydrogens is 232 g/mol. The van der Waals surface area contributed by atoms with Crippen LogP contribution in [-0.2, 0) is 4.79 Å². The highest BCUT2D eigenvalue weighted by atomic mass is 16.2. The molecule has 2 rings (SSSR count). The molecule has 1 atom stereocenters. The van der Waals surface area contributed by atoms with Crippen LogP contribution < -0.4 is 16.4 Å². The Labute approximate surface area is 105 Å². The molecular formula is C12H17N4O2+. The first kappa shape index (κ1) is 12.4. The maximum absolute atomic E-state index is 12.0. The van der Waals surface area contributed by atoms with Crippen molar-refractivity contribution in [3.05, 3.63) is 30.3 Å². The zero-order valence-electron chi connectivity index (χ0n) is 10.0. The van der Waals surface area contributed by atoms with Gasteiger partial charge in [0.2, 0.25) is 0 Å². The maximum atomic E-state index is 12.0. The van der Waals surface area contributed by atoms with E-state index in [0.29, 0.717) is 19.6 Å². The second-order valence-corrected chi connectivity index (χ2v) is 4.28. The number of anilines is 1. The lowest BCUT2D eigenvalue weighted by Crippen LogP contribution is -2.97. The lowest BCUT2D eigenvalue weighted by Gasteiger charge is -2.29. The zero-order valence-corrected chi connectivity index (χ0v) is 10.0. The quantitative estimate of drug-likeness (QED) is 0.624. The summed E-state index contributed by atoms with van der Waals surface area (Å²) in [5, 5.41) is 4.66. The van der Waals surface area contributed by atoms with Gasteiger partial charge in [0, 0.05) is 5.69 Å². The number of rotatable bonds is 2. The summed E-state index contributed by atoms with van der Waals surface area (Å²) in [4.78, 5) is 24.7. The molecule has 3 amide bonds. The van der Waals surface area contributed by atoms with E-state index in [2.05, 4.69) is 5.32 Å². The number of amides is 3. The molecule has 0 aromatic heterocycles. The molecule has 18 heavy (non-hydrogen) atoms. The minimum atomic E-state index is -0.382. The fourth-order valence-corrected chi connectivity index (χ4v) is 1.95. The van der Waals surface area contributed by atoms with E-state index in [9.17, 15) is 9.59 Å². The normalized spacial score (nSPS) is 19.3. The predicted molar refractivity (Wildman–Crippen MR) is 66.8 cm³/mol. The van der Waals surface area contributed by atoms with Crippen LogP contribution in [0, 0.1) is 0 Å². The van der Waals surface area contributed by atoms with E-state index in [0.717, 1.165) is 5.69 Å². The summed E-state index contributed by atoms with van der Waals surface area (Å²) >= 11 is 0. The Morgan fingerprint density at radius 2 is 2.06 bits per heavy atom. The van der Waals surface area contributed by atoms with E-state index in [1.165, 1.54) is 0 Å². The smallest absolute Gasteiger partial charge is 0.322 e. The molecule has 1 aliphatic rings. The number of carbonyl (C=O) groups is 2. The Bertz CT molecular complexity index is 435. The maximum Gasteiger partial charge on any atom is 0.322 e. The molecule has 1 heterocycles. The van der Waals surface area contributed by atoms with Gasteiger partial charge in [-0.2, -0.15) is 0 Å². The van der Waals surface area contributed by atoms with E-state index in [1.54, 1.807) is 4.90 Å². The summed E-state index contributed by atoms with van der Waals surface area (Å²) in [6.07, 6.45) is 0. The SMILES string of the molecule is NC(=O)[C@@H]1CN(C(=O)Nc2ccccc2)CC[NH2+]1. The van der Waals surface area contributed by atoms with Crippen LogP contribution >= 0.6 is 0 Å². The molecule has 0 spiro atoms. The van der Waals surface area contributed by atoms with Crippen LogP contribution in [0.5, 0.6) is 0 Å². The molecule has 1 aliphatic heterocycles. The molecule has 5 N–H and O–H groups in total. The number of hydrogen-bond acceptors (Lipinski definition) is 2. The van der Waals surface area contributed by atoms with E-state index < -0.39 is 0 Å². The molecule has 0 radical (unpaired) electrons. The molecule has 96 valence electrons. The number of primary amides is 1. The summed E-state index contributed by atoms with van der Waals surface area (Å²) < 4.78 is 0. The van der Waals surface area contributed by atoms with Crippen molar-refractivity contribution in [2.24, 2.45) is 5.73 Å². The zero-order chi connectivity index (χ0) is 13.0. The summed E-state index contributed by atoms with van der Waals surface area (Å²) in [6, 6.07) is 8.69. The number of urea groups is 1. The van der Waals surface area contributed by atoms with Gasteiger partial charge in [0.15, 0.2) is 6.04 Å². The fraction of sp³-hybridized carbons (Fsp3) is 0.333. The first-order valence-electron chi connectivity index (χ1n) is 5.90. The Morgan fingerprint density at radius 3 is 2.72 bits per heavy atom. The lowest BCUT2D eigenvalue weighted by atomic mass is 10.2. The number of quaternary nitrogens is 1. The number of nitrogens with two attached hydrogens (primary N) is 2. The minimum Gasteiger partial charge on any atom is -0.364 e. The van der Waals surface area contributed by atoms with Gasteiger partial charge in [-0.1, -0.05) is 18.2 Å². The van der Waals surface area contributed by atoms with Gasteiger partial charge in [0.1, 0.15) is 0 Å². The Hall–Kier alpha value is -2.08. The third-order valence-electron chi connectivity index (χ3n) is 2.95. The molecule has 0 saturated carbocycles. The molecule has 0 bridgehead atoms. The molecule has 1 saturated heterocycles. The van der Waals surface area contributed by atoms with Gasteiger partial charge in [-0.25, -0.2) is 4.79 Å². The van der Waals surface area contributed by atoms with Gasteiger partial charge < -0.3 is 21.3 Å². The predicted octanol–water partition coefficient (Wildman–Crippen LogP) is -1.05. The summed E-state index contributed by atoms with van der Waals surface area (Å²) in [7, 11) is 0. The molecule has 6 heteroatoms. The van der Waals surface area contributed by atoms with E-state index >= 15 is 0 Å². The van der Waals surface area contributed by atoms with Crippen LogP contribution in [0.2, 0.25) is 0 Å². The second-order valence-electron chi connectivity index (χ2n) is 4.28. The van der Waals surface area contributed by atoms with E-state index in [-0.39, 0.29) is 18.0 Å². The Kier molecular flexibility index (Phi) is 3.78. The van der Waals surface area contributed by atoms with Crippen molar-refractivity contribution in [2.75, 3.05) is 25.0 Å². The standard InChI is InChI=1S/C12H16N4O2/c13-11(17)10-8-16(7-6-14-10)12(18)15-9-4-2-1-3-5-9/h1-5,10,14H,6-8H2,(H2,13,17)(H,15,18)/p+1/t10-/m0/s1. The van der Waals surface area contributed by atoms with Crippen molar-refractivity contribution in [2.45, 2.75) is 6.04 Å². The number of piperazine rings is 1. The average Bonchev–Trinajstić information content (AvgIpc) is 2.40. The third-order valence-corrected chi connectivity index (χ3v) is 2.95. The van der Waals surface area contributed by atoms with Gasteiger partial charge in [-0.3, -0.25) is 4.79 Å². The summed E-state index contributed by atoms with van der Waals surface area (Å²) in [5.41, 5.74) is 6.00. The van der Waals surface area contributed by atoms with Gasteiger partial charge in [-0.05, 0) is 12.1 Å². The van der Waals surface area contributed by atoms with Gasteiger partial charge in [0.25, 0.3) is 5.91 Å². The second kappa shape index (κ2) is 5.50. The Balaban J connectivity index is 1.95. The van der Waals surface area contributed by atoms with Crippen molar-refractivity contribution in [3.63, 3.8) is 0 Å². The van der Waals surface area contributed by atoms with Gasteiger partial charge in [0.05, 0.1) is 19.6 Å². The monoisotopic (exact) mass is 249 g/mol. The summed E-state index contributed by atoms with van der Waals surface area (Å²) in [6.45, 7) is 1.66. The lowest BCUT2D eigenvalue weighted by molar-refractivity contribution is -0.683. The van der Waals surface area contributed by atoms with Crippen molar-refractivity contribution >= 4 is 17.6 Å². The van der Waals surface area contributed by atoms with Crippen LogP contribution in [0.4, 0.5) is 10.5 Å². The van der Waals surface area contributed by atoms with Crippen LogP contribution in [0.25, 0.3) is 0 Å². The van der Waals surface area contributed by atoms with Crippen LogP contribution in [-0.4, -0.2) is 42.5 Å². The van der Waals surface area contributed by atoms with Gasteiger partial charge in [-0.15, -0.1) is 0 Å². The molecule has 0 unspecified atom stereocenters. The molecule has 1 aromatic rings. The molecule has 1 aromatic carbocycles. The number of nitrogens with zero attached hydrogens (tertiary/aromatic N) is 1. The fourth-order valence-electron chi connectivity index (χ4n) is 1.95. The topological polar surface area (TPSA) is 92.0 Å². The van der Waals surface area contributed by atoms with Gasteiger partial charge >= 0.3 is 6.03 Å². The molecule has 6 nitrogen and oxygen atoms in total. The van der Waals surface area contributed by atoms with Crippen LogP contribution in [0.15, 0.2) is 30.3 Å². The van der Waals surface area contributed by atoms with Crippen LogP contribution in [0.1, 0.15) is 0 Å². The number of para-hydroxylation sites is 1. The van der Waals surface area contributed by atoms with Crippen molar-refractivity contribution in [1.82, 2.24) is 4.90 Å². The third kappa shape index (κ3) is 2.98. The number of hydrogen-bond donors (Lipinski definition) is 3. The van der Waals surface area contributed by atoms with Crippen molar-refractivity contribution < 1.29 is 14.9 Å². The first-order valence-corrected chi connectivity index (χ1v) is 5.90. The Morgan fingerprint density at radius 1 is 1.33 bits per heavy atom. The highest BCUT2D eigenvalue weighted by Crippen LogP contribution is 2.07. The largest absolute Gasteiger partial charge is 0.364 e. The van der Waals surface area contributed by atoms with Crippen molar-refractivity contribution in [1.29, 1.82) is 0 Å². The first-order chi connectivity index (χ1) is 8.66.